The first kappa shape index (κ1) is 11.5. The molecule has 2 atom stereocenters. The van der Waals surface area contributed by atoms with Gasteiger partial charge >= 0.3 is 0 Å². The van der Waals surface area contributed by atoms with E-state index in [4.69, 9.17) is 5.73 Å². The largest absolute Gasteiger partial charge is 0.330 e. The predicted octanol–water partition coefficient (Wildman–Crippen LogP) is 1.47. The van der Waals surface area contributed by atoms with Crippen molar-refractivity contribution < 1.29 is 4.39 Å². The second-order valence-corrected chi connectivity index (χ2v) is 4.26. The maximum Gasteiger partial charge on any atom is 0.123 e. The van der Waals surface area contributed by atoms with Gasteiger partial charge in [0.15, 0.2) is 0 Å². The second-order valence-electron chi connectivity index (χ2n) is 4.26. The molecule has 1 heterocycles. The Morgan fingerprint density at radius 3 is 2.69 bits per heavy atom. The van der Waals surface area contributed by atoms with Crippen molar-refractivity contribution in [3.05, 3.63) is 35.6 Å². The lowest BCUT2D eigenvalue weighted by Gasteiger charge is -2.09. The third-order valence-electron chi connectivity index (χ3n) is 3.01. The molecule has 4 N–H and O–H groups in total. The Kier molecular flexibility index (Phi) is 3.88. The SMILES string of the molecule is NCCCC1CC(c2ccc(F)cc2)NN1. The quantitative estimate of drug-likeness (QED) is 0.724. The molecule has 1 saturated heterocycles. The molecule has 0 aromatic heterocycles. The molecule has 1 aliphatic heterocycles. The summed E-state index contributed by atoms with van der Waals surface area (Å²) in [6.45, 7) is 0.736. The van der Waals surface area contributed by atoms with Crippen LogP contribution in [-0.4, -0.2) is 12.6 Å². The Labute approximate surface area is 95.2 Å². The molecular formula is C12H18FN3. The van der Waals surface area contributed by atoms with E-state index in [1.54, 1.807) is 0 Å². The van der Waals surface area contributed by atoms with Gasteiger partial charge in [0.2, 0.25) is 0 Å². The van der Waals surface area contributed by atoms with Crippen LogP contribution in [-0.2, 0) is 0 Å². The van der Waals surface area contributed by atoms with Gasteiger partial charge in [0, 0.05) is 12.1 Å². The van der Waals surface area contributed by atoms with Crippen LogP contribution in [0.4, 0.5) is 4.39 Å². The second kappa shape index (κ2) is 5.39. The zero-order valence-corrected chi connectivity index (χ0v) is 9.25. The molecule has 0 aliphatic carbocycles. The molecule has 88 valence electrons. The van der Waals surface area contributed by atoms with Crippen molar-refractivity contribution >= 4 is 0 Å². The van der Waals surface area contributed by atoms with Crippen LogP contribution in [0, 0.1) is 5.82 Å². The van der Waals surface area contributed by atoms with Crippen molar-refractivity contribution in [2.45, 2.75) is 31.3 Å². The van der Waals surface area contributed by atoms with Crippen LogP contribution in [0.25, 0.3) is 0 Å². The van der Waals surface area contributed by atoms with Crippen molar-refractivity contribution in [3.8, 4) is 0 Å². The molecule has 1 aromatic carbocycles. The Balaban J connectivity index is 1.90. The van der Waals surface area contributed by atoms with Crippen molar-refractivity contribution in [3.63, 3.8) is 0 Å². The molecule has 0 spiro atoms. The topological polar surface area (TPSA) is 50.1 Å². The Morgan fingerprint density at radius 1 is 1.25 bits per heavy atom. The summed E-state index contributed by atoms with van der Waals surface area (Å²) in [7, 11) is 0. The van der Waals surface area contributed by atoms with Gasteiger partial charge in [0.25, 0.3) is 0 Å². The van der Waals surface area contributed by atoms with E-state index in [-0.39, 0.29) is 11.9 Å². The van der Waals surface area contributed by atoms with Gasteiger partial charge in [-0.2, -0.15) is 0 Å². The summed E-state index contributed by atoms with van der Waals surface area (Å²) in [6.07, 6.45) is 3.16. The maximum atomic E-state index is 12.8. The highest BCUT2D eigenvalue weighted by Gasteiger charge is 2.24. The molecule has 2 unspecified atom stereocenters. The third kappa shape index (κ3) is 2.78. The number of rotatable bonds is 4. The molecule has 1 aromatic rings. The summed E-state index contributed by atoms with van der Waals surface area (Å²) < 4.78 is 12.8. The van der Waals surface area contributed by atoms with E-state index < -0.39 is 0 Å². The van der Waals surface area contributed by atoms with Crippen LogP contribution >= 0.6 is 0 Å². The molecular weight excluding hydrogens is 205 g/mol. The lowest BCUT2D eigenvalue weighted by atomic mass is 10.00. The average molecular weight is 223 g/mol. The Morgan fingerprint density at radius 2 is 2.00 bits per heavy atom. The first-order valence-electron chi connectivity index (χ1n) is 5.76. The fourth-order valence-corrected chi connectivity index (χ4v) is 2.09. The number of halogens is 1. The van der Waals surface area contributed by atoms with E-state index in [1.165, 1.54) is 12.1 Å². The normalized spacial score (nSPS) is 24.9. The number of hydrogen-bond donors (Lipinski definition) is 3. The first-order chi connectivity index (χ1) is 7.79. The molecule has 0 amide bonds. The molecule has 3 nitrogen and oxygen atoms in total. The lowest BCUT2D eigenvalue weighted by molar-refractivity contribution is 0.505. The number of benzene rings is 1. The Hall–Kier alpha value is -0.970. The van der Waals surface area contributed by atoms with Crippen LogP contribution in [0.5, 0.6) is 0 Å². The molecule has 0 radical (unpaired) electrons. The van der Waals surface area contributed by atoms with Gasteiger partial charge in [-0.3, -0.25) is 10.9 Å². The van der Waals surface area contributed by atoms with Gasteiger partial charge < -0.3 is 5.73 Å². The molecule has 0 bridgehead atoms. The van der Waals surface area contributed by atoms with Crippen LogP contribution in [0.1, 0.15) is 30.9 Å². The number of nitrogens with one attached hydrogen (secondary N) is 2. The van der Waals surface area contributed by atoms with Gasteiger partial charge in [-0.15, -0.1) is 0 Å². The van der Waals surface area contributed by atoms with Crippen molar-refractivity contribution in [1.82, 2.24) is 10.9 Å². The molecule has 1 fully saturated rings. The zero-order valence-electron chi connectivity index (χ0n) is 9.25. The summed E-state index contributed by atoms with van der Waals surface area (Å²) >= 11 is 0. The van der Waals surface area contributed by atoms with E-state index in [0.717, 1.165) is 31.4 Å². The molecule has 1 aliphatic rings. The molecule has 16 heavy (non-hydrogen) atoms. The van der Waals surface area contributed by atoms with Crippen LogP contribution in [0.15, 0.2) is 24.3 Å². The van der Waals surface area contributed by atoms with E-state index in [1.807, 2.05) is 12.1 Å². The van der Waals surface area contributed by atoms with Crippen LogP contribution in [0.3, 0.4) is 0 Å². The average Bonchev–Trinajstić information content (AvgIpc) is 2.76. The lowest BCUT2D eigenvalue weighted by Crippen LogP contribution is -2.31. The van der Waals surface area contributed by atoms with E-state index in [2.05, 4.69) is 10.9 Å². The first-order valence-corrected chi connectivity index (χ1v) is 5.76. The zero-order chi connectivity index (χ0) is 11.4. The number of hydrogen-bond acceptors (Lipinski definition) is 3. The standard InChI is InChI=1S/C12H18FN3/c13-10-5-3-9(4-6-10)12-8-11(15-16-12)2-1-7-14/h3-6,11-12,15-16H,1-2,7-8,14H2. The highest BCUT2D eigenvalue weighted by Crippen LogP contribution is 2.23. The molecule has 4 heteroatoms. The number of nitrogens with two attached hydrogens (primary N) is 1. The van der Waals surface area contributed by atoms with Crippen molar-refractivity contribution in [2.75, 3.05) is 6.54 Å². The monoisotopic (exact) mass is 223 g/mol. The summed E-state index contributed by atoms with van der Waals surface area (Å²) in [5.74, 6) is -0.186. The van der Waals surface area contributed by atoms with E-state index >= 15 is 0 Å². The highest BCUT2D eigenvalue weighted by atomic mass is 19.1. The summed E-state index contributed by atoms with van der Waals surface area (Å²) in [4.78, 5) is 0. The third-order valence-corrected chi connectivity index (χ3v) is 3.01. The van der Waals surface area contributed by atoms with Gasteiger partial charge in [0.1, 0.15) is 5.82 Å². The van der Waals surface area contributed by atoms with E-state index in [0.29, 0.717) is 6.04 Å². The summed E-state index contributed by atoms with van der Waals surface area (Å²) in [5.41, 5.74) is 13.1. The molecule has 2 rings (SSSR count). The van der Waals surface area contributed by atoms with Gasteiger partial charge in [-0.1, -0.05) is 12.1 Å². The maximum absolute atomic E-state index is 12.8. The van der Waals surface area contributed by atoms with Gasteiger partial charge in [0.05, 0.1) is 0 Å². The summed E-state index contributed by atoms with van der Waals surface area (Å²) in [6, 6.07) is 7.43. The van der Waals surface area contributed by atoms with Crippen LogP contribution in [0.2, 0.25) is 0 Å². The Bertz CT molecular complexity index is 326. The highest BCUT2D eigenvalue weighted by molar-refractivity contribution is 5.20. The predicted molar refractivity (Wildman–Crippen MR) is 62.1 cm³/mol. The minimum atomic E-state index is -0.186. The number of hydrazine groups is 1. The minimum absolute atomic E-state index is 0.186. The van der Waals surface area contributed by atoms with Crippen molar-refractivity contribution in [2.24, 2.45) is 5.73 Å². The van der Waals surface area contributed by atoms with Gasteiger partial charge in [-0.25, -0.2) is 4.39 Å². The summed E-state index contributed by atoms with van der Waals surface area (Å²) in [5, 5.41) is 0. The van der Waals surface area contributed by atoms with Gasteiger partial charge in [-0.05, 0) is 43.5 Å². The fourth-order valence-electron chi connectivity index (χ4n) is 2.09. The molecule has 0 saturated carbocycles. The van der Waals surface area contributed by atoms with E-state index in [9.17, 15) is 4.39 Å². The fraction of sp³-hybridized carbons (Fsp3) is 0.500. The van der Waals surface area contributed by atoms with Crippen LogP contribution < -0.4 is 16.6 Å². The smallest absolute Gasteiger partial charge is 0.123 e. The van der Waals surface area contributed by atoms with Crippen molar-refractivity contribution in [1.29, 1.82) is 0 Å². The minimum Gasteiger partial charge on any atom is -0.330 e.